The molecule has 1 aromatic carbocycles. The molecule has 1 aliphatic heterocycles. The Kier molecular flexibility index (Phi) is 6.19. The first kappa shape index (κ1) is 22.6. The molecule has 4 heterocycles. The van der Waals surface area contributed by atoms with E-state index < -0.39 is 0 Å². The largest absolute Gasteiger partial charge is 0.378 e. The number of rotatable bonds is 7. The van der Waals surface area contributed by atoms with Gasteiger partial charge in [-0.1, -0.05) is 18.2 Å². The number of fused-ring (bicyclic) bond motifs is 1. The molecule has 180 valence electrons. The number of nitrogens with zero attached hydrogens (tertiary/aromatic N) is 7. The highest BCUT2D eigenvalue weighted by Gasteiger charge is 2.19. The van der Waals surface area contributed by atoms with Crippen LogP contribution >= 0.6 is 0 Å². The fraction of sp³-hybridized carbons (Fsp3) is 0.280. The van der Waals surface area contributed by atoms with Crippen molar-refractivity contribution >= 4 is 34.2 Å². The molecule has 1 aliphatic rings. The molecular formula is C25H29N9O. The normalized spacial score (nSPS) is 13.7. The summed E-state index contributed by atoms with van der Waals surface area (Å²) in [6.07, 6.45) is 3.26. The van der Waals surface area contributed by atoms with Gasteiger partial charge in [0.15, 0.2) is 11.5 Å². The highest BCUT2D eigenvalue weighted by Crippen LogP contribution is 2.22. The van der Waals surface area contributed by atoms with Crippen molar-refractivity contribution in [3.8, 4) is 5.82 Å². The van der Waals surface area contributed by atoms with Crippen molar-refractivity contribution in [3.05, 3.63) is 71.7 Å². The van der Waals surface area contributed by atoms with Crippen LogP contribution in [0.3, 0.4) is 0 Å². The van der Waals surface area contributed by atoms with E-state index in [-0.39, 0.29) is 5.56 Å². The number of piperazine rings is 1. The molecule has 0 spiro atoms. The number of anilines is 4. The van der Waals surface area contributed by atoms with Gasteiger partial charge in [-0.25, -0.2) is 19.3 Å². The van der Waals surface area contributed by atoms with Crippen molar-refractivity contribution in [2.75, 3.05) is 55.4 Å². The molecule has 10 nitrogen and oxygen atoms in total. The zero-order valence-corrected chi connectivity index (χ0v) is 20.0. The maximum atomic E-state index is 13.2. The Bertz CT molecular complexity index is 1420. The van der Waals surface area contributed by atoms with E-state index in [1.54, 1.807) is 21.6 Å². The highest BCUT2D eigenvalue weighted by molar-refractivity contribution is 5.77. The maximum absolute atomic E-state index is 13.2. The molecule has 3 aromatic heterocycles. The summed E-state index contributed by atoms with van der Waals surface area (Å²) in [4.78, 5) is 31.5. The van der Waals surface area contributed by atoms with Gasteiger partial charge in [-0.05, 0) is 30.3 Å². The number of aromatic nitrogens is 5. The van der Waals surface area contributed by atoms with Crippen LogP contribution in [0.25, 0.3) is 16.9 Å². The second-order valence-corrected chi connectivity index (χ2v) is 8.58. The molecule has 0 aliphatic carbocycles. The number of nitrogens with one attached hydrogen (secondary N) is 2. The quantitative estimate of drug-likeness (QED) is 0.397. The predicted octanol–water partition coefficient (Wildman–Crippen LogP) is 2.38. The minimum absolute atomic E-state index is 0.185. The Hall–Kier alpha value is -4.18. The van der Waals surface area contributed by atoms with Gasteiger partial charge in [0.05, 0.1) is 6.54 Å². The fourth-order valence-corrected chi connectivity index (χ4v) is 4.20. The average molecular weight is 472 g/mol. The number of hydrogen-bond acceptors (Lipinski definition) is 8. The van der Waals surface area contributed by atoms with Gasteiger partial charge in [0.2, 0.25) is 5.95 Å². The Balaban J connectivity index is 1.60. The van der Waals surface area contributed by atoms with E-state index in [2.05, 4.69) is 27.1 Å². The minimum atomic E-state index is -0.185. The summed E-state index contributed by atoms with van der Waals surface area (Å²) in [5.41, 5.74) is 2.21. The zero-order chi connectivity index (χ0) is 24.4. The van der Waals surface area contributed by atoms with Crippen LogP contribution in [0.4, 0.5) is 23.1 Å². The molecule has 1 saturated heterocycles. The summed E-state index contributed by atoms with van der Waals surface area (Å²) >= 11 is 0. The van der Waals surface area contributed by atoms with E-state index in [0.717, 1.165) is 43.4 Å². The molecule has 0 radical (unpaired) electrons. The molecule has 5 rings (SSSR count). The van der Waals surface area contributed by atoms with E-state index in [4.69, 9.17) is 9.97 Å². The lowest BCUT2D eigenvalue weighted by Crippen LogP contribution is -2.44. The van der Waals surface area contributed by atoms with Gasteiger partial charge >= 0.3 is 0 Å². The zero-order valence-electron chi connectivity index (χ0n) is 20.0. The van der Waals surface area contributed by atoms with Gasteiger partial charge in [0.25, 0.3) is 5.56 Å². The molecule has 10 heteroatoms. The SMILES string of the molecule is C=CCn1c(=O)c2cnc(Nc3cccc(N(C)C)c3)nc2n1-c1cccc(N2CCNCC2)n1. The van der Waals surface area contributed by atoms with Crippen LogP contribution < -0.4 is 26.0 Å². The summed E-state index contributed by atoms with van der Waals surface area (Å²) < 4.78 is 3.35. The highest BCUT2D eigenvalue weighted by atomic mass is 16.1. The first-order valence-corrected chi connectivity index (χ1v) is 11.6. The van der Waals surface area contributed by atoms with E-state index in [0.29, 0.717) is 29.3 Å². The minimum Gasteiger partial charge on any atom is -0.378 e. The van der Waals surface area contributed by atoms with Crippen LogP contribution in [-0.4, -0.2) is 64.6 Å². The molecule has 0 bridgehead atoms. The van der Waals surface area contributed by atoms with Crippen molar-refractivity contribution in [1.29, 1.82) is 0 Å². The maximum Gasteiger partial charge on any atom is 0.278 e. The smallest absolute Gasteiger partial charge is 0.278 e. The fourth-order valence-electron chi connectivity index (χ4n) is 4.20. The lowest BCUT2D eigenvalue weighted by atomic mass is 10.2. The molecule has 35 heavy (non-hydrogen) atoms. The van der Waals surface area contributed by atoms with Crippen LogP contribution in [0.2, 0.25) is 0 Å². The van der Waals surface area contributed by atoms with Gasteiger partial charge in [0.1, 0.15) is 11.2 Å². The molecule has 2 N–H and O–H groups in total. The van der Waals surface area contributed by atoms with Crippen LogP contribution in [-0.2, 0) is 6.54 Å². The Morgan fingerprint density at radius 2 is 1.89 bits per heavy atom. The Morgan fingerprint density at radius 1 is 1.11 bits per heavy atom. The molecule has 0 atom stereocenters. The summed E-state index contributed by atoms with van der Waals surface area (Å²) in [6, 6.07) is 13.8. The van der Waals surface area contributed by atoms with Crippen LogP contribution in [0, 0.1) is 0 Å². The van der Waals surface area contributed by atoms with Gasteiger partial charge in [0, 0.05) is 57.8 Å². The second-order valence-electron chi connectivity index (χ2n) is 8.58. The van der Waals surface area contributed by atoms with Gasteiger partial charge in [-0.2, -0.15) is 4.98 Å². The molecule has 0 unspecified atom stereocenters. The monoisotopic (exact) mass is 471 g/mol. The van der Waals surface area contributed by atoms with Crippen LogP contribution in [0.15, 0.2) is 66.1 Å². The standard InChI is InChI=1S/C25H29N9O/c1-4-13-33-24(35)20-17-27-25(28-18-7-5-8-19(16-18)31(2)3)30-23(20)34(33)22-10-6-9-21(29-22)32-14-11-26-12-15-32/h4-10,16-17,26H,1,11-15H2,2-3H3,(H,27,28,30). The third-order valence-electron chi connectivity index (χ3n) is 5.97. The number of hydrogen-bond donors (Lipinski definition) is 2. The van der Waals surface area contributed by atoms with Crippen molar-refractivity contribution in [1.82, 2.24) is 29.6 Å². The van der Waals surface area contributed by atoms with E-state index >= 15 is 0 Å². The molecular weight excluding hydrogens is 442 g/mol. The van der Waals surface area contributed by atoms with E-state index in [1.165, 1.54) is 0 Å². The molecule has 4 aromatic rings. The van der Waals surface area contributed by atoms with E-state index in [9.17, 15) is 4.79 Å². The summed E-state index contributed by atoms with van der Waals surface area (Å²) in [5, 5.41) is 7.05. The van der Waals surface area contributed by atoms with Gasteiger partial charge < -0.3 is 20.4 Å². The van der Waals surface area contributed by atoms with Gasteiger partial charge in [-0.15, -0.1) is 6.58 Å². The lowest BCUT2D eigenvalue weighted by Gasteiger charge is -2.28. The third-order valence-corrected chi connectivity index (χ3v) is 5.97. The van der Waals surface area contributed by atoms with Crippen LogP contribution in [0.5, 0.6) is 0 Å². The Labute approximate surface area is 203 Å². The predicted molar refractivity (Wildman–Crippen MR) is 140 cm³/mol. The van der Waals surface area contributed by atoms with Crippen molar-refractivity contribution in [2.45, 2.75) is 6.54 Å². The first-order valence-electron chi connectivity index (χ1n) is 11.6. The number of allylic oxidation sites excluding steroid dienone is 1. The Morgan fingerprint density at radius 3 is 2.66 bits per heavy atom. The topological polar surface area (TPSA) is 96.1 Å². The first-order chi connectivity index (χ1) is 17.0. The third kappa shape index (κ3) is 4.47. The number of benzene rings is 1. The molecule has 0 amide bonds. The summed E-state index contributed by atoms with van der Waals surface area (Å²) in [6.45, 7) is 7.74. The summed E-state index contributed by atoms with van der Waals surface area (Å²) in [7, 11) is 3.98. The van der Waals surface area contributed by atoms with E-state index in [1.807, 2.05) is 61.5 Å². The van der Waals surface area contributed by atoms with Crippen molar-refractivity contribution in [2.24, 2.45) is 0 Å². The molecule has 0 saturated carbocycles. The van der Waals surface area contributed by atoms with Crippen molar-refractivity contribution < 1.29 is 0 Å². The lowest BCUT2D eigenvalue weighted by molar-refractivity contribution is 0.578. The number of pyridine rings is 1. The second kappa shape index (κ2) is 9.59. The average Bonchev–Trinajstić information content (AvgIpc) is 3.15. The van der Waals surface area contributed by atoms with Crippen LogP contribution in [0.1, 0.15) is 0 Å². The summed E-state index contributed by atoms with van der Waals surface area (Å²) in [5.74, 6) is 1.89. The van der Waals surface area contributed by atoms with Gasteiger partial charge in [-0.3, -0.25) is 4.79 Å². The van der Waals surface area contributed by atoms with Crippen molar-refractivity contribution in [3.63, 3.8) is 0 Å². The molecule has 1 fully saturated rings.